The van der Waals surface area contributed by atoms with Crippen molar-refractivity contribution < 1.29 is 23.0 Å². The van der Waals surface area contributed by atoms with Crippen molar-refractivity contribution in [2.75, 3.05) is 23.0 Å². The van der Waals surface area contributed by atoms with Crippen LogP contribution in [0.25, 0.3) is 0 Å². The molecule has 150 valence electrons. The molecule has 0 unspecified atom stereocenters. The third-order valence-corrected chi connectivity index (χ3v) is 4.88. The maximum absolute atomic E-state index is 13.1. The third kappa shape index (κ3) is 4.19. The highest BCUT2D eigenvalue weighted by Crippen LogP contribution is 2.42. The van der Waals surface area contributed by atoms with E-state index in [4.69, 9.17) is 0 Å². The van der Waals surface area contributed by atoms with Crippen LogP contribution in [0.15, 0.2) is 42.0 Å². The Bertz CT molecular complexity index is 1060. The minimum absolute atomic E-state index is 0.0859. The number of ether oxygens (including phenoxy) is 2. The lowest BCUT2D eigenvalue weighted by atomic mass is 10.2. The fourth-order valence-corrected chi connectivity index (χ4v) is 3.42. The lowest BCUT2D eigenvalue weighted by Crippen LogP contribution is -2.25. The Morgan fingerprint density at radius 2 is 2.00 bits per heavy atom. The van der Waals surface area contributed by atoms with Gasteiger partial charge in [0.05, 0.1) is 17.9 Å². The van der Waals surface area contributed by atoms with Gasteiger partial charge >= 0.3 is 6.29 Å². The maximum atomic E-state index is 13.1. The summed E-state index contributed by atoms with van der Waals surface area (Å²) in [6, 6.07) is 7.63. The zero-order valence-electron chi connectivity index (χ0n) is 15.0. The van der Waals surface area contributed by atoms with E-state index in [0.29, 0.717) is 28.6 Å². The van der Waals surface area contributed by atoms with Gasteiger partial charge in [-0.2, -0.15) is 0 Å². The van der Waals surface area contributed by atoms with E-state index in [2.05, 4.69) is 35.4 Å². The smallest absolute Gasteiger partial charge is 0.395 e. The topological polar surface area (TPSA) is 97.4 Å². The van der Waals surface area contributed by atoms with Crippen LogP contribution in [-0.4, -0.2) is 29.2 Å². The number of rotatable bonds is 6. The number of hydrogen-bond donors (Lipinski definition) is 3. The number of fused-ring (bicyclic) bond motifs is 1. The average molecular weight is 419 g/mol. The Hall–Kier alpha value is -3.47. The normalized spacial score (nSPS) is 13.8. The molecular weight excluding hydrogens is 404 g/mol. The molecule has 0 radical (unpaired) electrons. The number of benzene rings is 1. The Balaban J connectivity index is 1.43. The van der Waals surface area contributed by atoms with Crippen molar-refractivity contribution in [2.45, 2.75) is 12.8 Å². The lowest BCUT2D eigenvalue weighted by molar-refractivity contribution is -0.286. The van der Waals surface area contributed by atoms with E-state index in [-0.39, 0.29) is 17.4 Å². The zero-order valence-corrected chi connectivity index (χ0v) is 15.8. The average Bonchev–Trinajstić information content (AvgIpc) is 3.28. The van der Waals surface area contributed by atoms with Gasteiger partial charge in [0.2, 0.25) is 0 Å². The summed E-state index contributed by atoms with van der Waals surface area (Å²) >= 11 is 1.25. The maximum Gasteiger partial charge on any atom is 0.586 e. The van der Waals surface area contributed by atoms with Crippen LogP contribution in [0.3, 0.4) is 0 Å². The van der Waals surface area contributed by atoms with Crippen LogP contribution in [0, 0.1) is 0 Å². The fourth-order valence-electron chi connectivity index (χ4n) is 2.66. The summed E-state index contributed by atoms with van der Waals surface area (Å²) in [5.41, 5.74) is 1.69. The molecular formula is C18H15F2N5O3S. The second-order valence-corrected chi connectivity index (χ2v) is 6.86. The Labute approximate surface area is 167 Å². The molecule has 8 nitrogen and oxygen atoms in total. The predicted molar refractivity (Wildman–Crippen MR) is 104 cm³/mol. The molecule has 0 spiro atoms. The van der Waals surface area contributed by atoms with Gasteiger partial charge in [-0.1, -0.05) is 0 Å². The molecule has 3 heterocycles. The van der Waals surface area contributed by atoms with E-state index in [9.17, 15) is 13.6 Å². The number of carbonyl (C=O) groups is 1. The highest BCUT2D eigenvalue weighted by Gasteiger charge is 2.43. The molecule has 1 aromatic carbocycles. The number of thiophene rings is 1. The standard InChI is InChI=1S/C18H15F2N5O3S/c1-21-15-7-11(23-9-24-15)8-22-12-4-5-29-16(12)17(26)25-10-2-3-13-14(6-10)28-18(19,20)27-13/h2-7,9,22H,8H2,1H3,(H,25,26)(H,21,23,24). The first kappa shape index (κ1) is 18.9. The highest BCUT2D eigenvalue weighted by atomic mass is 32.1. The van der Waals surface area contributed by atoms with Crippen LogP contribution in [0.5, 0.6) is 11.5 Å². The fraction of sp³-hybridized carbons (Fsp3) is 0.167. The third-order valence-electron chi connectivity index (χ3n) is 3.97. The van der Waals surface area contributed by atoms with E-state index >= 15 is 0 Å². The van der Waals surface area contributed by atoms with Crippen LogP contribution < -0.4 is 25.4 Å². The SMILES string of the molecule is CNc1cc(CNc2ccsc2C(=O)Nc2ccc3c(c2)OC(F)(F)O3)ncn1. The first-order valence-corrected chi connectivity index (χ1v) is 9.33. The number of halogens is 2. The number of amides is 1. The summed E-state index contributed by atoms with van der Waals surface area (Å²) in [6.45, 7) is 0.396. The van der Waals surface area contributed by atoms with Crippen LogP contribution in [0.2, 0.25) is 0 Å². The number of carbonyl (C=O) groups excluding carboxylic acids is 1. The highest BCUT2D eigenvalue weighted by molar-refractivity contribution is 7.12. The van der Waals surface area contributed by atoms with E-state index in [1.807, 2.05) is 0 Å². The van der Waals surface area contributed by atoms with E-state index in [1.165, 1.54) is 35.9 Å². The Morgan fingerprint density at radius 3 is 2.83 bits per heavy atom. The van der Waals surface area contributed by atoms with Crippen molar-refractivity contribution in [1.29, 1.82) is 0 Å². The van der Waals surface area contributed by atoms with Crippen LogP contribution in [0.1, 0.15) is 15.4 Å². The summed E-state index contributed by atoms with van der Waals surface area (Å²) in [7, 11) is 1.76. The molecule has 0 fully saturated rings. The second kappa shape index (κ2) is 7.51. The zero-order chi connectivity index (χ0) is 20.4. The van der Waals surface area contributed by atoms with Gasteiger partial charge in [0.15, 0.2) is 11.5 Å². The van der Waals surface area contributed by atoms with E-state index < -0.39 is 6.29 Å². The number of aromatic nitrogens is 2. The van der Waals surface area contributed by atoms with Crippen LogP contribution in [-0.2, 0) is 6.54 Å². The van der Waals surface area contributed by atoms with Crippen molar-refractivity contribution >= 4 is 34.4 Å². The first-order chi connectivity index (χ1) is 13.9. The number of nitrogens with zero attached hydrogens (tertiary/aromatic N) is 2. The molecule has 0 saturated carbocycles. The van der Waals surface area contributed by atoms with Crippen molar-refractivity contribution in [3.8, 4) is 11.5 Å². The van der Waals surface area contributed by atoms with Gasteiger partial charge in [-0.3, -0.25) is 4.79 Å². The summed E-state index contributed by atoms with van der Waals surface area (Å²) in [6.07, 6.45) is -2.25. The summed E-state index contributed by atoms with van der Waals surface area (Å²) in [5.74, 6) is 0.0823. The monoisotopic (exact) mass is 419 g/mol. The van der Waals surface area contributed by atoms with Gasteiger partial charge in [0, 0.05) is 24.9 Å². The molecule has 0 atom stereocenters. The molecule has 1 aliphatic heterocycles. The van der Waals surface area contributed by atoms with Gasteiger partial charge in [-0.25, -0.2) is 9.97 Å². The number of hydrogen-bond acceptors (Lipinski definition) is 8. The lowest BCUT2D eigenvalue weighted by Gasteiger charge is -2.09. The van der Waals surface area contributed by atoms with Gasteiger partial charge in [0.1, 0.15) is 17.0 Å². The Morgan fingerprint density at radius 1 is 1.17 bits per heavy atom. The molecule has 3 aromatic rings. The van der Waals surface area contributed by atoms with Gasteiger partial charge in [0.25, 0.3) is 5.91 Å². The Kier molecular flexibility index (Phi) is 4.89. The molecule has 4 rings (SSSR count). The molecule has 3 N–H and O–H groups in total. The number of anilines is 3. The van der Waals surface area contributed by atoms with Crippen molar-refractivity contribution in [2.24, 2.45) is 0 Å². The largest absolute Gasteiger partial charge is 0.586 e. The molecule has 29 heavy (non-hydrogen) atoms. The molecule has 1 amide bonds. The van der Waals surface area contributed by atoms with Gasteiger partial charge < -0.3 is 25.4 Å². The number of nitrogens with one attached hydrogen (secondary N) is 3. The van der Waals surface area contributed by atoms with Crippen molar-refractivity contribution in [1.82, 2.24) is 9.97 Å². The minimum atomic E-state index is -3.70. The quantitative estimate of drug-likeness (QED) is 0.560. The minimum Gasteiger partial charge on any atom is -0.395 e. The molecule has 0 aliphatic carbocycles. The molecule has 11 heteroatoms. The van der Waals surface area contributed by atoms with Crippen molar-refractivity contribution in [3.05, 3.63) is 52.6 Å². The van der Waals surface area contributed by atoms with Gasteiger partial charge in [-0.05, 0) is 23.6 Å². The summed E-state index contributed by atoms with van der Waals surface area (Å²) in [5, 5.41) is 10.5. The first-order valence-electron chi connectivity index (χ1n) is 8.45. The van der Waals surface area contributed by atoms with E-state index in [1.54, 1.807) is 24.6 Å². The number of alkyl halides is 2. The van der Waals surface area contributed by atoms with Gasteiger partial charge in [-0.15, -0.1) is 20.1 Å². The van der Waals surface area contributed by atoms with E-state index in [0.717, 1.165) is 5.69 Å². The molecule has 1 aliphatic rings. The molecule has 0 saturated heterocycles. The van der Waals surface area contributed by atoms with Crippen LogP contribution >= 0.6 is 11.3 Å². The summed E-state index contributed by atoms with van der Waals surface area (Å²) < 4.78 is 35.0. The van der Waals surface area contributed by atoms with Crippen LogP contribution in [0.4, 0.5) is 26.0 Å². The predicted octanol–water partition coefficient (Wildman–Crippen LogP) is 3.77. The molecule has 0 bridgehead atoms. The van der Waals surface area contributed by atoms with Crippen molar-refractivity contribution in [3.63, 3.8) is 0 Å². The molecule has 2 aromatic heterocycles. The summed E-state index contributed by atoms with van der Waals surface area (Å²) in [4.78, 5) is 21.3. The second-order valence-electron chi connectivity index (χ2n) is 5.94.